The molecule has 1 heterocycles. The Hall–Kier alpha value is -0.990. The van der Waals surface area contributed by atoms with Crippen molar-refractivity contribution in [3.8, 4) is 0 Å². The quantitative estimate of drug-likeness (QED) is 0.714. The fourth-order valence-corrected chi connectivity index (χ4v) is 1.77. The van der Waals surface area contributed by atoms with Gasteiger partial charge in [-0.25, -0.2) is 4.79 Å². The largest absolute Gasteiger partial charge is 0.331 e. The molecule has 0 aliphatic carbocycles. The first-order valence-electron chi connectivity index (χ1n) is 5.27. The summed E-state index contributed by atoms with van der Waals surface area (Å²) in [5.74, 6) is 1.08. The van der Waals surface area contributed by atoms with Crippen molar-refractivity contribution >= 4 is 6.03 Å². The van der Waals surface area contributed by atoms with Crippen molar-refractivity contribution in [2.24, 2.45) is 11.8 Å². The van der Waals surface area contributed by atoms with Crippen LogP contribution in [0.25, 0.3) is 0 Å². The Labute approximate surface area is 86.0 Å². The van der Waals surface area contributed by atoms with E-state index in [0.717, 1.165) is 6.42 Å². The SMILES string of the molecule is CC(C)CC1NC(=O)NC=C1C(C)C. The predicted octanol–water partition coefficient (Wildman–Crippen LogP) is 2.25. The van der Waals surface area contributed by atoms with Crippen molar-refractivity contribution in [1.82, 2.24) is 10.6 Å². The molecule has 2 N–H and O–H groups in total. The Morgan fingerprint density at radius 3 is 2.50 bits per heavy atom. The summed E-state index contributed by atoms with van der Waals surface area (Å²) in [6.07, 6.45) is 2.87. The van der Waals surface area contributed by atoms with Gasteiger partial charge in [0.25, 0.3) is 0 Å². The van der Waals surface area contributed by atoms with E-state index in [2.05, 4.69) is 38.3 Å². The third-order valence-electron chi connectivity index (χ3n) is 2.45. The Kier molecular flexibility index (Phi) is 3.55. The third kappa shape index (κ3) is 2.76. The fourth-order valence-electron chi connectivity index (χ4n) is 1.77. The molecule has 0 saturated carbocycles. The van der Waals surface area contributed by atoms with Crippen LogP contribution in [0.2, 0.25) is 0 Å². The first kappa shape index (κ1) is 11.1. The van der Waals surface area contributed by atoms with Crippen molar-refractivity contribution in [1.29, 1.82) is 0 Å². The normalized spacial score (nSPS) is 22.0. The van der Waals surface area contributed by atoms with Crippen LogP contribution in [0.5, 0.6) is 0 Å². The Balaban J connectivity index is 2.73. The van der Waals surface area contributed by atoms with E-state index in [9.17, 15) is 4.79 Å². The van der Waals surface area contributed by atoms with Crippen LogP contribution < -0.4 is 10.6 Å². The molecule has 0 aromatic heterocycles. The molecular weight excluding hydrogens is 176 g/mol. The minimum atomic E-state index is -0.0833. The van der Waals surface area contributed by atoms with Gasteiger partial charge in [0.15, 0.2) is 0 Å². The maximum atomic E-state index is 11.2. The number of urea groups is 1. The molecular formula is C11H20N2O. The first-order valence-corrected chi connectivity index (χ1v) is 5.27. The number of carbonyl (C=O) groups excluding carboxylic acids is 1. The van der Waals surface area contributed by atoms with Gasteiger partial charge in [0.05, 0.1) is 6.04 Å². The second-order valence-electron chi connectivity index (χ2n) is 4.60. The van der Waals surface area contributed by atoms with E-state index in [1.165, 1.54) is 5.57 Å². The van der Waals surface area contributed by atoms with Gasteiger partial charge < -0.3 is 10.6 Å². The average Bonchev–Trinajstić information content (AvgIpc) is 2.01. The monoisotopic (exact) mass is 196 g/mol. The summed E-state index contributed by atoms with van der Waals surface area (Å²) in [5.41, 5.74) is 1.29. The van der Waals surface area contributed by atoms with Gasteiger partial charge in [-0.2, -0.15) is 0 Å². The Bertz CT molecular complexity index is 244. The lowest BCUT2D eigenvalue weighted by atomic mass is 9.90. The predicted molar refractivity (Wildman–Crippen MR) is 57.8 cm³/mol. The summed E-state index contributed by atoms with van der Waals surface area (Å²) in [5, 5.41) is 5.67. The Morgan fingerprint density at radius 1 is 1.36 bits per heavy atom. The van der Waals surface area contributed by atoms with Crippen LogP contribution in [-0.4, -0.2) is 12.1 Å². The lowest BCUT2D eigenvalue weighted by molar-refractivity contribution is 0.236. The minimum Gasteiger partial charge on any atom is -0.331 e. The standard InChI is InChI=1S/C11H20N2O/c1-7(2)5-10-9(8(3)4)6-12-11(14)13-10/h6-8,10H,5H2,1-4H3,(H2,12,13,14). The van der Waals surface area contributed by atoms with Crippen LogP contribution in [0.1, 0.15) is 34.1 Å². The Morgan fingerprint density at radius 2 is 2.00 bits per heavy atom. The highest BCUT2D eigenvalue weighted by Gasteiger charge is 2.23. The van der Waals surface area contributed by atoms with E-state index < -0.39 is 0 Å². The molecule has 3 heteroatoms. The fraction of sp³-hybridized carbons (Fsp3) is 0.727. The van der Waals surface area contributed by atoms with E-state index >= 15 is 0 Å². The molecule has 1 atom stereocenters. The summed E-state index contributed by atoms with van der Waals surface area (Å²) in [7, 11) is 0. The number of amides is 2. The zero-order valence-electron chi connectivity index (χ0n) is 9.42. The molecule has 1 aliphatic rings. The molecule has 0 saturated heterocycles. The smallest absolute Gasteiger partial charge is 0.319 e. The van der Waals surface area contributed by atoms with Gasteiger partial charge in [-0.05, 0) is 23.8 Å². The van der Waals surface area contributed by atoms with Crippen molar-refractivity contribution in [3.63, 3.8) is 0 Å². The van der Waals surface area contributed by atoms with Gasteiger partial charge in [0.2, 0.25) is 0 Å². The maximum Gasteiger partial charge on any atom is 0.319 e. The second kappa shape index (κ2) is 4.49. The van der Waals surface area contributed by atoms with Crippen molar-refractivity contribution in [2.45, 2.75) is 40.2 Å². The highest BCUT2D eigenvalue weighted by molar-refractivity contribution is 5.77. The summed E-state index contributed by atoms with van der Waals surface area (Å²) in [4.78, 5) is 11.2. The molecule has 3 nitrogen and oxygen atoms in total. The van der Waals surface area contributed by atoms with Crippen LogP contribution in [0.15, 0.2) is 11.8 Å². The molecule has 2 amide bonds. The van der Waals surface area contributed by atoms with E-state index in [-0.39, 0.29) is 12.1 Å². The topological polar surface area (TPSA) is 41.1 Å². The minimum absolute atomic E-state index is 0.0833. The molecule has 0 aromatic rings. The second-order valence-corrected chi connectivity index (χ2v) is 4.60. The van der Waals surface area contributed by atoms with Crippen molar-refractivity contribution in [2.75, 3.05) is 0 Å². The van der Waals surface area contributed by atoms with Gasteiger partial charge in [-0.15, -0.1) is 0 Å². The maximum absolute atomic E-state index is 11.2. The summed E-state index contributed by atoms with van der Waals surface area (Å²) in [6.45, 7) is 8.65. The number of hydrogen-bond donors (Lipinski definition) is 2. The molecule has 0 spiro atoms. The van der Waals surface area contributed by atoms with Crippen molar-refractivity contribution < 1.29 is 4.79 Å². The molecule has 0 aromatic carbocycles. The summed E-state index contributed by atoms with van der Waals surface area (Å²) < 4.78 is 0. The number of hydrogen-bond acceptors (Lipinski definition) is 1. The molecule has 1 aliphatic heterocycles. The van der Waals surface area contributed by atoms with E-state index in [1.807, 2.05) is 6.20 Å². The highest BCUT2D eigenvalue weighted by atomic mass is 16.2. The van der Waals surface area contributed by atoms with Crippen LogP contribution in [0, 0.1) is 11.8 Å². The number of nitrogens with one attached hydrogen (secondary N) is 2. The highest BCUT2D eigenvalue weighted by Crippen LogP contribution is 2.21. The van der Waals surface area contributed by atoms with E-state index in [0.29, 0.717) is 11.8 Å². The lowest BCUT2D eigenvalue weighted by Crippen LogP contribution is -2.47. The number of rotatable bonds is 3. The van der Waals surface area contributed by atoms with Gasteiger partial charge in [-0.1, -0.05) is 27.7 Å². The molecule has 0 radical (unpaired) electrons. The van der Waals surface area contributed by atoms with Gasteiger partial charge in [-0.3, -0.25) is 0 Å². The molecule has 0 bridgehead atoms. The molecule has 80 valence electrons. The van der Waals surface area contributed by atoms with Gasteiger partial charge in [0.1, 0.15) is 0 Å². The summed E-state index contributed by atoms with van der Waals surface area (Å²) in [6, 6.07) is 0.129. The number of carbonyl (C=O) groups is 1. The molecule has 1 unspecified atom stereocenters. The van der Waals surface area contributed by atoms with Gasteiger partial charge in [0, 0.05) is 6.20 Å². The van der Waals surface area contributed by atoms with Crippen LogP contribution in [0.4, 0.5) is 4.79 Å². The first-order chi connectivity index (χ1) is 6.50. The van der Waals surface area contributed by atoms with Crippen LogP contribution in [-0.2, 0) is 0 Å². The summed E-state index contributed by atoms with van der Waals surface area (Å²) >= 11 is 0. The van der Waals surface area contributed by atoms with Crippen LogP contribution in [0.3, 0.4) is 0 Å². The zero-order chi connectivity index (χ0) is 10.7. The third-order valence-corrected chi connectivity index (χ3v) is 2.45. The molecule has 14 heavy (non-hydrogen) atoms. The molecule has 1 rings (SSSR count). The van der Waals surface area contributed by atoms with E-state index in [1.54, 1.807) is 0 Å². The van der Waals surface area contributed by atoms with Crippen LogP contribution >= 0.6 is 0 Å². The molecule has 0 fully saturated rings. The average molecular weight is 196 g/mol. The van der Waals surface area contributed by atoms with Gasteiger partial charge >= 0.3 is 6.03 Å². The van der Waals surface area contributed by atoms with E-state index in [4.69, 9.17) is 0 Å². The zero-order valence-corrected chi connectivity index (χ0v) is 9.42. The lowest BCUT2D eigenvalue weighted by Gasteiger charge is -2.29. The van der Waals surface area contributed by atoms with Crippen molar-refractivity contribution in [3.05, 3.63) is 11.8 Å².